The normalized spacial score (nSPS) is 17.3. The molecular weight excluding hydrogens is 520 g/mol. The van der Waals surface area contributed by atoms with E-state index >= 15 is 0 Å². The zero-order valence-electron chi connectivity index (χ0n) is 23.7. The molecule has 0 fully saturated rings. The molecule has 0 amide bonds. The number of rotatable bonds is 0. The van der Waals surface area contributed by atoms with Crippen LogP contribution in [0.15, 0.2) is 134 Å². The highest BCUT2D eigenvalue weighted by atomic mass is 16.5. The number of fused-ring (bicyclic) bond motifs is 12. The number of aryl methyl sites for hydroxylation is 2. The van der Waals surface area contributed by atoms with Gasteiger partial charge in [0.1, 0.15) is 11.5 Å². The summed E-state index contributed by atoms with van der Waals surface area (Å²) in [7, 11) is 0. The van der Waals surface area contributed by atoms with Gasteiger partial charge in [0.15, 0.2) is 23.0 Å². The Morgan fingerprint density at radius 3 is 1.24 bits per heavy atom. The number of hydrogen-bond donors (Lipinski definition) is 2. The lowest BCUT2D eigenvalue weighted by molar-refractivity contribution is 0.411. The predicted octanol–water partition coefficient (Wildman–Crippen LogP) is 9.57. The Hall–Kier alpha value is -4.96. The molecule has 4 aliphatic heterocycles. The van der Waals surface area contributed by atoms with Crippen molar-refractivity contribution >= 4 is 0 Å². The van der Waals surface area contributed by atoms with E-state index in [2.05, 4.69) is 72.9 Å². The van der Waals surface area contributed by atoms with Crippen LogP contribution in [0.4, 0.5) is 0 Å². The Bertz CT molecular complexity index is 1450. The number of benzene rings is 4. The topological polar surface area (TPSA) is 58.9 Å². The maximum Gasteiger partial charge on any atom is 0.169 e. The molecule has 4 aromatic carbocycles. The summed E-state index contributed by atoms with van der Waals surface area (Å²) in [4.78, 5) is 0. The van der Waals surface area contributed by atoms with Crippen LogP contribution in [0, 0.1) is 0 Å². The Morgan fingerprint density at radius 1 is 0.429 bits per heavy atom. The van der Waals surface area contributed by atoms with Gasteiger partial charge < -0.3 is 19.7 Å². The first-order chi connectivity index (χ1) is 20.6. The van der Waals surface area contributed by atoms with E-state index in [0.29, 0.717) is 11.5 Å². The minimum atomic E-state index is 0.163. The number of ether oxygens (including phenoxy) is 2. The van der Waals surface area contributed by atoms with Crippen LogP contribution >= 0.6 is 0 Å². The molecule has 0 aromatic heterocycles. The van der Waals surface area contributed by atoms with Gasteiger partial charge in [-0.25, -0.2) is 0 Å². The monoisotopic (exact) mass is 556 g/mol. The van der Waals surface area contributed by atoms with E-state index in [1.165, 1.54) is 11.1 Å². The molecule has 0 atom stereocenters. The third kappa shape index (κ3) is 8.52. The molecule has 0 aliphatic carbocycles. The van der Waals surface area contributed by atoms with Crippen LogP contribution < -0.4 is 9.47 Å². The Kier molecular flexibility index (Phi) is 9.93. The highest BCUT2D eigenvalue weighted by Gasteiger charge is 2.07. The molecule has 8 rings (SSSR count). The zero-order valence-corrected chi connectivity index (χ0v) is 23.7. The summed E-state index contributed by atoms with van der Waals surface area (Å²) < 4.78 is 11.6. The van der Waals surface area contributed by atoms with Gasteiger partial charge in [0.2, 0.25) is 0 Å². The van der Waals surface area contributed by atoms with Crippen molar-refractivity contribution in [2.24, 2.45) is 0 Å². The van der Waals surface area contributed by atoms with Crippen molar-refractivity contribution in [2.75, 3.05) is 0 Å². The van der Waals surface area contributed by atoms with Gasteiger partial charge in [0, 0.05) is 0 Å². The Morgan fingerprint density at radius 2 is 0.810 bits per heavy atom. The second-order valence-corrected chi connectivity index (χ2v) is 10.3. The van der Waals surface area contributed by atoms with Gasteiger partial charge in [-0.1, -0.05) is 85.0 Å². The van der Waals surface area contributed by atoms with Crippen LogP contribution in [0.3, 0.4) is 0 Å². The summed E-state index contributed by atoms with van der Waals surface area (Å²) in [6.07, 6.45) is 22.6. The molecule has 0 radical (unpaired) electrons. The summed E-state index contributed by atoms with van der Waals surface area (Å²) >= 11 is 0. The maximum atomic E-state index is 9.92. The molecule has 0 unspecified atom stereocenters. The minimum absolute atomic E-state index is 0.163. The molecule has 0 spiro atoms. The fourth-order valence-corrected chi connectivity index (χ4v) is 4.65. The quantitative estimate of drug-likeness (QED) is 0.226. The summed E-state index contributed by atoms with van der Waals surface area (Å²) in [6, 6.07) is 27.0. The molecule has 4 aromatic rings. The third-order valence-corrected chi connectivity index (χ3v) is 7.02. The van der Waals surface area contributed by atoms with Gasteiger partial charge in [0.25, 0.3) is 0 Å². The Labute approximate surface area is 248 Å². The number of allylic oxidation sites excluding steroid dienone is 8. The molecule has 4 nitrogen and oxygen atoms in total. The molecule has 4 heteroatoms. The van der Waals surface area contributed by atoms with Gasteiger partial charge >= 0.3 is 0 Å². The molecule has 4 heterocycles. The van der Waals surface area contributed by atoms with E-state index < -0.39 is 0 Å². The Balaban J connectivity index is 0.000000168. The van der Waals surface area contributed by atoms with Gasteiger partial charge in [-0.05, 0) is 109 Å². The van der Waals surface area contributed by atoms with Gasteiger partial charge in [-0.2, -0.15) is 0 Å². The zero-order chi connectivity index (χ0) is 29.0. The predicted molar refractivity (Wildman–Crippen MR) is 170 cm³/mol. The van der Waals surface area contributed by atoms with Gasteiger partial charge in [0.05, 0.1) is 0 Å². The van der Waals surface area contributed by atoms with E-state index in [1.54, 1.807) is 12.1 Å². The van der Waals surface area contributed by atoms with E-state index in [0.717, 1.165) is 61.2 Å². The lowest BCUT2D eigenvalue weighted by Gasteiger charge is -2.09. The first-order valence-corrected chi connectivity index (χ1v) is 14.4. The fraction of sp³-hybridized carbons (Fsp3) is 0.158. The van der Waals surface area contributed by atoms with Gasteiger partial charge in [-0.3, -0.25) is 0 Å². The molecule has 212 valence electrons. The van der Waals surface area contributed by atoms with Crippen LogP contribution in [0.1, 0.15) is 35.1 Å². The van der Waals surface area contributed by atoms with E-state index in [4.69, 9.17) is 9.47 Å². The van der Waals surface area contributed by atoms with Gasteiger partial charge in [-0.15, -0.1) is 0 Å². The number of phenolic OH excluding ortho intramolecular Hbond substituents is 2. The SMILES string of the molecule is Oc1ccc2cc1Oc1ccc(cc1)CC/C=C\C=C\C2.Oc1ccc2cc1Oc1ccc(cc1)CC/C=C\C=C\C2. The lowest BCUT2D eigenvalue weighted by atomic mass is 10.1. The summed E-state index contributed by atoms with van der Waals surface area (Å²) in [5, 5.41) is 19.8. The van der Waals surface area contributed by atoms with E-state index in [9.17, 15) is 10.2 Å². The van der Waals surface area contributed by atoms with Crippen LogP contribution in [-0.4, -0.2) is 10.2 Å². The molecule has 8 bridgehead atoms. The van der Waals surface area contributed by atoms with E-state index in [-0.39, 0.29) is 11.5 Å². The maximum absolute atomic E-state index is 9.92. The number of hydrogen-bond acceptors (Lipinski definition) is 4. The number of phenols is 2. The van der Waals surface area contributed by atoms with Crippen molar-refractivity contribution < 1.29 is 19.7 Å². The molecule has 4 aliphatic rings. The van der Waals surface area contributed by atoms with Crippen LogP contribution in [0.25, 0.3) is 0 Å². The highest BCUT2D eigenvalue weighted by molar-refractivity contribution is 5.46. The van der Waals surface area contributed by atoms with Crippen molar-refractivity contribution in [2.45, 2.75) is 38.5 Å². The van der Waals surface area contributed by atoms with Crippen LogP contribution in [-0.2, 0) is 25.7 Å². The molecule has 2 N–H and O–H groups in total. The van der Waals surface area contributed by atoms with Crippen molar-refractivity contribution in [3.8, 4) is 34.5 Å². The standard InChI is InChI=1S/2C19H18O2/c2*20-18-13-10-16-7-5-3-1-2-4-6-15-8-11-17(12-9-15)21-19(18)14-16/h2*1-3,5,8-14,20H,4,6-7H2/b2*2-1-,5-3+. The smallest absolute Gasteiger partial charge is 0.169 e. The van der Waals surface area contributed by atoms with Crippen molar-refractivity contribution in [3.63, 3.8) is 0 Å². The second-order valence-electron chi connectivity index (χ2n) is 10.3. The lowest BCUT2D eigenvalue weighted by Crippen LogP contribution is -1.89. The summed E-state index contributed by atoms with van der Waals surface area (Å²) in [5.41, 5.74) is 4.78. The largest absolute Gasteiger partial charge is 0.504 e. The highest BCUT2D eigenvalue weighted by Crippen LogP contribution is 2.33. The minimum Gasteiger partial charge on any atom is -0.504 e. The first-order valence-electron chi connectivity index (χ1n) is 14.4. The van der Waals surface area contributed by atoms with Crippen molar-refractivity contribution in [3.05, 3.63) is 156 Å². The van der Waals surface area contributed by atoms with Crippen LogP contribution in [0.5, 0.6) is 34.5 Å². The third-order valence-electron chi connectivity index (χ3n) is 7.02. The van der Waals surface area contributed by atoms with Crippen molar-refractivity contribution in [1.29, 1.82) is 0 Å². The average Bonchev–Trinajstić information content (AvgIpc) is 3.02. The molecular formula is C38H36O4. The fourth-order valence-electron chi connectivity index (χ4n) is 4.65. The average molecular weight is 557 g/mol. The van der Waals surface area contributed by atoms with E-state index in [1.807, 2.05) is 48.5 Å². The second kappa shape index (κ2) is 14.6. The first kappa shape index (κ1) is 28.6. The summed E-state index contributed by atoms with van der Waals surface area (Å²) in [6.45, 7) is 0. The molecule has 0 saturated carbocycles. The molecule has 42 heavy (non-hydrogen) atoms. The summed E-state index contributed by atoms with van der Waals surface area (Å²) in [5.74, 6) is 2.81. The number of aromatic hydroxyl groups is 2. The molecule has 0 saturated heterocycles. The van der Waals surface area contributed by atoms with Crippen LogP contribution in [0.2, 0.25) is 0 Å². The van der Waals surface area contributed by atoms with Crippen molar-refractivity contribution in [1.82, 2.24) is 0 Å².